The average Bonchev–Trinajstić information content (AvgIpc) is 3.45. The molecule has 2 aromatic heterocycles. The summed E-state index contributed by atoms with van der Waals surface area (Å²) in [7, 11) is -3.21. The Balaban J connectivity index is 1.20. The molecule has 0 aliphatic carbocycles. The van der Waals surface area contributed by atoms with E-state index < -0.39 is 9.84 Å². The fourth-order valence-electron chi connectivity index (χ4n) is 4.28. The van der Waals surface area contributed by atoms with Gasteiger partial charge in [0.2, 0.25) is 5.95 Å². The van der Waals surface area contributed by atoms with E-state index in [0.717, 1.165) is 73.9 Å². The van der Waals surface area contributed by atoms with Crippen molar-refractivity contribution in [2.75, 3.05) is 35.7 Å². The summed E-state index contributed by atoms with van der Waals surface area (Å²) in [6.45, 7) is 4.59. The van der Waals surface area contributed by atoms with Gasteiger partial charge in [0.15, 0.2) is 9.84 Å². The molecule has 0 radical (unpaired) electrons. The molecule has 1 aromatic carbocycles. The highest BCUT2D eigenvalue weighted by atomic mass is 32.2. The number of nitrogens with zero attached hydrogens (tertiary/aromatic N) is 5. The van der Waals surface area contributed by atoms with Crippen LogP contribution in [0.15, 0.2) is 40.9 Å². The first kappa shape index (κ1) is 22.1. The quantitative estimate of drug-likeness (QED) is 0.523. The number of thiazole rings is 1. The van der Waals surface area contributed by atoms with Crippen molar-refractivity contribution >= 4 is 38.6 Å². The van der Waals surface area contributed by atoms with Crippen molar-refractivity contribution in [1.82, 2.24) is 15.0 Å². The lowest BCUT2D eigenvalue weighted by Crippen LogP contribution is -2.39. The minimum Gasteiger partial charge on any atom is -0.467 e. The van der Waals surface area contributed by atoms with Crippen LogP contribution in [-0.2, 0) is 22.7 Å². The van der Waals surface area contributed by atoms with Gasteiger partial charge >= 0.3 is 0 Å². The lowest BCUT2D eigenvalue weighted by atomic mass is 10.1. The van der Waals surface area contributed by atoms with Crippen LogP contribution in [-0.4, -0.2) is 55.4 Å². The predicted octanol–water partition coefficient (Wildman–Crippen LogP) is 3.64. The normalized spacial score (nSPS) is 16.8. The molecule has 0 spiro atoms. The summed E-state index contributed by atoms with van der Waals surface area (Å²) in [6.07, 6.45) is 8.70. The van der Waals surface area contributed by atoms with Gasteiger partial charge < -0.3 is 14.5 Å². The molecule has 0 amide bonds. The minimum absolute atomic E-state index is 0.123. The van der Waals surface area contributed by atoms with Crippen LogP contribution < -0.4 is 14.5 Å². The Morgan fingerprint density at radius 2 is 1.91 bits per heavy atom. The second-order valence-electron chi connectivity index (χ2n) is 8.49. The maximum Gasteiger partial charge on any atom is 0.275 e. The van der Waals surface area contributed by atoms with Crippen molar-refractivity contribution in [3.05, 3.63) is 47.1 Å². The van der Waals surface area contributed by atoms with E-state index in [0.29, 0.717) is 10.1 Å². The first-order valence-corrected chi connectivity index (χ1v) is 14.0. The highest BCUT2D eigenvalue weighted by Crippen LogP contribution is 2.38. The molecular formula is C23H27N5O3S2. The molecule has 10 heteroatoms. The number of sulfone groups is 1. The lowest BCUT2D eigenvalue weighted by Gasteiger charge is -2.31. The average molecular weight is 486 g/mol. The van der Waals surface area contributed by atoms with Crippen molar-refractivity contribution in [2.45, 2.75) is 43.6 Å². The van der Waals surface area contributed by atoms with Crippen molar-refractivity contribution in [2.24, 2.45) is 0 Å². The van der Waals surface area contributed by atoms with Gasteiger partial charge in [-0.3, -0.25) is 0 Å². The van der Waals surface area contributed by atoms with E-state index in [-0.39, 0.29) is 6.10 Å². The SMILES string of the molecule is CCc1cnc(N2CCC(Oc3nc(N4CCc5cc(S(C)(=O)=O)ccc54)cs3)CC2)nc1. The number of rotatable bonds is 6. The lowest BCUT2D eigenvalue weighted by molar-refractivity contribution is 0.170. The molecule has 174 valence electrons. The molecule has 33 heavy (non-hydrogen) atoms. The smallest absolute Gasteiger partial charge is 0.275 e. The van der Waals surface area contributed by atoms with E-state index in [1.807, 2.05) is 23.8 Å². The summed E-state index contributed by atoms with van der Waals surface area (Å²) >= 11 is 1.50. The first-order valence-electron chi connectivity index (χ1n) is 11.2. The van der Waals surface area contributed by atoms with Crippen molar-refractivity contribution in [3.8, 4) is 5.19 Å². The number of hydrogen-bond acceptors (Lipinski definition) is 9. The van der Waals surface area contributed by atoms with Gasteiger partial charge in [-0.05, 0) is 42.2 Å². The zero-order chi connectivity index (χ0) is 23.0. The Hall–Kier alpha value is -2.72. The van der Waals surface area contributed by atoms with Gasteiger partial charge in [0.25, 0.3) is 5.19 Å². The van der Waals surface area contributed by atoms with Gasteiger partial charge in [-0.2, -0.15) is 4.98 Å². The van der Waals surface area contributed by atoms with Crippen LogP contribution in [0.25, 0.3) is 0 Å². The number of aryl methyl sites for hydroxylation is 1. The molecule has 1 saturated heterocycles. The molecule has 2 aliphatic heterocycles. The van der Waals surface area contributed by atoms with Crippen LogP contribution in [0.3, 0.4) is 0 Å². The van der Waals surface area contributed by atoms with Gasteiger partial charge in [-0.15, -0.1) is 0 Å². The zero-order valence-electron chi connectivity index (χ0n) is 18.8. The van der Waals surface area contributed by atoms with Crippen LogP contribution in [0.1, 0.15) is 30.9 Å². The summed E-state index contributed by atoms with van der Waals surface area (Å²) in [5.41, 5.74) is 3.20. The maximum atomic E-state index is 11.9. The van der Waals surface area contributed by atoms with Crippen molar-refractivity contribution in [3.63, 3.8) is 0 Å². The third-order valence-electron chi connectivity index (χ3n) is 6.21. The number of aromatic nitrogens is 3. The Morgan fingerprint density at radius 1 is 1.15 bits per heavy atom. The molecule has 0 N–H and O–H groups in total. The topological polar surface area (TPSA) is 88.5 Å². The zero-order valence-corrected chi connectivity index (χ0v) is 20.4. The van der Waals surface area contributed by atoms with Crippen LogP contribution in [0.4, 0.5) is 17.5 Å². The standard InChI is InChI=1S/C23H27N5O3S2/c1-3-16-13-24-22(25-14-16)27-9-7-18(8-10-27)31-23-26-21(15-32-23)28-11-6-17-12-19(33(2,29)30)4-5-20(17)28/h4-5,12-15,18H,3,6-11H2,1-2H3. The summed E-state index contributed by atoms with van der Waals surface area (Å²) in [4.78, 5) is 18.4. The van der Waals surface area contributed by atoms with E-state index in [2.05, 4.69) is 26.7 Å². The number of piperidine rings is 1. The number of anilines is 3. The third kappa shape index (κ3) is 4.67. The third-order valence-corrected chi connectivity index (χ3v) is 8.04. The molecule has 0 atom stereocenters. The van der Waals surface area contributed by atoms with E-state index in [1.165, 1.54) is 17.6 Å². The number of benzene rings is 1. The Kier molecular flexibility index (Phi) is 5.96. The first-order chi connectivity index (χ1) is 15.9. The largest absolute Gasteiger partial charge is 0.467 e. The number of ether oxygens (including phenoxy) is 1. The van der Waals surface area contributed by atoms with Gasteiger partial charge in [-0.25, -0.2) is 18.4 Å². The summed E-state index contributed by atoms with van der Waals surface area (Å²) in [5, 5.41) is 2.68. The molecule has 5 rings (SSSR count). The molecule has 1 fully saturated rings. The summed E-state index contributed by atoms with van der Waals surface area (Å²) < 4.78 is 29.9. The Labute approximate surface area is 198 Å². The van der Waals surface area contributed by atoms with Crippen molar-refractivity contribution < 1.29 is 13.2 Å². The predicted molar refractivity (Wildman–Crippen MR) is 130 cm³/mol. The van der Waals surface area contributed by atoms with Crippen LogP contribution in [0, 0.1) is 0 Å². The maximum absolute atomic E-state index is 11.9. The fraction of sp³-hybridized carbons (Fsp3) is 0.435. The van der Waals surface area contributed by atoms with Gasteiger partial charge in [0.05, 0.1) is 4.90 Å². The second kappa shape index (κ2) is 8.90. The van der Waals surface area contributed by atoms with Crippen molar-refractivity contribution in [1.29, 1.82) is 0 Å². The number of hydrogen-bond donors (Lipinski definition) is 0. The molecule has 3 aromatic rings. The summed E-state index contributed by atoms with van der Waals surface area (Å²) in [6, 6.07) is 5.33. The Bertz CT molecular complexity index is 1240. The van der Waals surface area contributed by atoms with Gasteiger partial charge in [0.1, 0.15) is 11.9 Å². The Morgan fingerprint density at radius 3 is 2.61 bits per heavy atom. The van der Waals surface area contributed by atoms with E-state index in [4.69, 9.17) is 9.72 Å². The van der Waals surface area contributed by atoms with E-state index >= 15 is 0 Å². The van der Waals surface area contributed by atoms with Crippen LogP contribution >= 0.6 is 11.3 Å². The molecule has 4 heterocycles. The van der Waals surface area contributed by atoms with E-state index in [1.54, 1.807) is 12.1 Å². The summed E-state index contributed by atoms with van der Waals surface area (Å²) in [5.74, 6) is 1.64. The molecule has 8 nitrogen and oxygen atoms in total. The fourth-order valence-corrected chi connectivity index (χ4v) is 5.68. The van der Waals surface area contributed by atoms with Gasteiger partial charge in [-0.1, -0.05) is 18.3 Å². The highest BCUT2D eigenvalue weighted by Gasteiger charge is 2.26. The molecule has 0 bridgehead atoms. The number of fused-ring (bicyclic) bond motifs is 1. The second-order valence-corrected chi connectivity index (χ2v) is 11.3. The van der Waals surface area contributed by atoms with Crippen LogP contribution in [0.5, 0.6) is 5.19 Å². The van der Waals surface area contributed by atoms with Crippen LogP contribution in [0.2, 0.25) is 0 Å². The molecule has 2 aliphatic rings. The molecular weight excluding hydrogens is 458 g/mol. The monoisotopic (exact) mass is 485 g/mol. The minimum atomic E-state index is -3.21. The molecule has 0 saturated carbocycles. The van der Waals surface area contributed by atoms with E-state index in [9.17, 15) is 8.42 Å². The highest BCUT2D eigenvalue weighted by molar-refractivity contribution is 7.90. The van der Waals surface area contributed by atoms with Gasteiger partial charge in [0, 0.05) is 62.2 Å². The molecule has 0 unspecified atom stereocenters.